The number of nitrogens with one attached hydrogen (secondary N) is 1. The third-order valence-corrected chi connectivity index (χ3v) is 5.90. The number of carbonyl (C=O) groups excluding carboxylic acids is 1. The number of anilines is 3. The molecule has 1 atom stereocenters. The Hall–Kier alpha value is -2.65. The minimum Gasteiger partial charge on any atom is -0.378 e. The van der Waals surface area contributed by atoms with Gasteiger partial charge in [0.15, 0.2) is 0 Å². The molecular weight excluding hydrogens is 397 g/mol. The molecule has 2 aromatic carbocycles. The van der Waals surface area contributed by atoms with E-state index in [1.165, 1.54) is 25.1 Å². The lowest BCUT2D eigenvalue weighted by atomic mass is 10.2. The minimum absolute atomic E-state index is 0.0952. The maximum Gasteiger partial charge on any atom is 0.247 e. The Morgan fingerprint density at radius 2 is 1.83 bits per heavy atom. The topological polar surface area (TPSA) is 79.0 Å². The molecule has 1 aliphatic heterocycles. The molecule has 1 fully saturated rings. The summed E-state index contributed by atoms with van der Waals surface area (Å²) in [6, 6.07) is 11.4. The van der Waals surface area contributed by atoms with Gasteiger partial charge in [-0.25, -0.2) is 12.8 Å². The molecule has 1 heterocycles. The van der Waals surface area contributed by atoms with Crippen LogP contribution < -0.4 is 14.5 Å². The van der Waals surface area contributed by atoms with Crippen LogP contribution in [0.15, 0.2) is 48.5 Å². The molecule has 0 saturated carbocycles. The van der Waals surface area contributed by atoms with Crippen molar-refractivity contribution in [2.24, 2.45) is 0 Å². The highest BCUT2D eigenvalue weighted by molar-refractivity contribution is 7.92. The molecule has 3 rings (SSSR count). The van der Waals surface area contributed by atoms with E-state index in [0.717, 1.165) is 35.4 Å². The van der Waals surface area contributed by atoms with E-state index in [1.54, 1.807) is 12.1 Å². The second-order valence-electron chi connectivity index (χ2n) is 6.85. The highest BCUT2D eigenvalue weighted by Gasteiger charge is 2.29. The van der Waals surface area contributed by atoms with E-state index in [9.17, 15) is 17.6 Å². The molecule has 29 heavy (non-hydrogen) atoms. The zero-order chi connectivity index (χ0) is 21.0. The molecule has 0 spiro atoms. The SMILES string of the molecule is C[C@@H](C(=O)Nc1ccc(N2CCOCC2)cc1)N(c1cccc(F)c1)S(C)(=O)=O. The van der Waals surface area contributed by atoms with Gasteiger partial charge in [-0.1, -0.05) is 6.07 Å². The molecule has 0 unspecified atom stereocenters. The van der Waals surface area contributed by atoms with Crippen LogP contribution in [0, 0.1) is 5.82 Å². The number of hydrogen-bond donors (Lipinski definition) is 1. The fraction of sp³-hybridized carbons (Fsp3) is 0.350. The van der Waals surface area contributed by atoms with Gasteiger partial charge in [0.25, 0.3) is 0 Å². The number of benzene rings is 2. The lowest BCUT2D eigenvalue weighted by Crippen LogP contribution is -2.45. The number of halogens is 1. The van der Waals surface area contributed by atoms with Gasteiger partial charge in [0, 0.05) is 24.5 Å². The third-order valence-electron chi connectivity index (χ3n) is 4.66. The van der Waals surface area contributed by atoms with E-state index >= 15 is 0 Å². The molecular formula is C20H24FN3O4S. The summed E-state index contributed by atoms with van der Waals surface area (Å²) >= 11 is 0. The molecule has 9 heteroatoms. The van der Waals surface area contributed by atoms with E-state index in [-0.39, 0.29) is 5.69 Å². The Bertz CT molecular complexity index is 960. The largest absolute Gasteiger partial charge is 0.378 e. The molecule has 1 N–H and O–H groups in total. The molecule has 0 radical (unpaired) electrons. The predicted octanol–water partition coefficient (Wildman–Crippen LogP) is 2.46. The van der Waals surface area contributed by atoms with Crippen molar-refractivity contribution in [1.82, 2.24) is 0 Å². The molecule has 2 aromatic rings. The van der Waals surface area contributed by atoms with Crippen molar-refractivity contribution < 1.29 is 22.3 Å². The van der Waals surface area contributed by atoms with Gasteiger partial charge in [0.05, 0.1) is 25.2 Å². The summed E-state index contributed by atoms with van der Waals surface area (Å²) < 4.78 is 44.4. The fourth-order valence-electron chi connectivity index (χ4n) is 3.25. The Morgan fingerprint density at radius 1 is 1.17 bits per heavy atom. The van der Waals surface area contributed by atoms with Crippen LogP contribution in [-0.2, 0) is 19.6 Å². The van der Waals surface area contributed by atoms with Gasteiger partial charge in [-0.05, 0) is 49.4 Å². The molecule has 1 aliphatic rings. The normalized spacial score (nSPS) is 15.6. The van der Waals surface area contributed by atoms with Gasteiger partial charge < -0.3 is 15.0 Å². The molecule has 0 aromatic heterocycles. The van der Waals surface area contributed by atoms with Crippen molar-refractivity contribution in [1.29, 1.82) is 0 Å². The standard InChI is InChI=1S/C20H24FN3O4S/c1-15(24(29(2,26)27)19-5-3-4-16(21)14-19)20(25)22-17-6-8-18(9-7-17)23-10-12-28-13-11-23/h3-9,14-15H,10-13H2,1-2H3,(H,22,25)/t15-/m0/s1. The molecule has 1 saturated heterocycles. The van der Waals surface area contributed by atoms with Gasteiger partial charge in [0.2, 0.25) is 15.9 Å². The van der Waals surface area contributed by atoms with Gasteiger partial charge in [-0.15, -0.1) is 0 Å². The summed E-state index contributed by atoms with van der Waals surface area (Å²) in [5.41, 5.74) is 1.67. The van der Waals surface area contributed by atoms with Crippen molar-refractivity contribution in [3.63, 3.8) is 0 Å². The van der Waals surface area contributed by atoms with Crippen LogP contribution in [0.4, 0.5) is 21.5 Å². The summed E-state index contributed by atoms with van der Waals surface area (Å²) in [5, 5.41) is 2.73. The third kappa shape index (κ3) is 5.24. The first-order valence-electron chi connectivity index (χ1n) is 9.24. The van der Waals surface area contributed by atoms with E-state index < -0.39 is 27.8 Å². The van der Waals surface area contributed by atoms with Crippen molar-refractivity contribution in [3.8, 4) is 0 Å². The van der Waals surface area contributed by atoms with E-state index in [2.05, 4.69) is 10.2 Å². The monoisotopic (exact) mass is 421 g/mol. The average molecular weight is 421 g/mol. The average Bonchev–Trinajstić information content (AvgIpc) is 2.68. The van der Waals surface area contributed by atoms with Crippen LogP contribution in [0.5, 0.6) is 0 Å². The number of morpholine rings is 1. The van der Waals surface area contributed by atoms with E-state index in [1.807, 2.05) is 12.1 Å². The molecule has 156 valence electrons. The summed E-state index contributed by atoms with van der Waals surface area (Å²) in [4.78, 5) is 14.9. The summed E-state index contributed by atoms with van der Waals surface area (Å²) in [7, 11) is -3.81. The first kappa shape index (κ1) is 21.1. The highest BCUT2D eigenvalue weighted by atomic mass is 32.2. The first-order chi connectivity index (χ1) is 13.8. The Labute approximate surface area is 170 Å². The smallest absolute Gasteiger partial charge is 0.247 e. The highest BCUT2D eigenvalue weighted by Crippen LogP contribution is 2.23. The Morgan fingerprint density at radius 3 is 2.41 bits per heavy atom. The first-order valence-corrected chi connectivity index (χ1v) is 11.1. The van der Waals surface area contributed by atoms with Crippen molar-refractivity contribution >= 4 is 33.0 Å². The summed E-state index contributed by atoms with van der Waals surface area (Å²) in [6.07, 6.45) is 0.985. The molecule has 0 bridgehead atoms. The maximum atomic E-state index is 13.6. The Kier molecular flexibility index (Phi) is 6.39. The predicted molar refractivity (Wildman–Crippen MR) is 111 cm³/mol. The second kappa shape index (κ2) is 8.79. The number of amides is 1. The van der Waals surface area contributed by atoms with Crippen LogP contribution in [0.25, 0.3) is 0 Å². The summed E-state index contributed by atoms with van der Waals surface area (Å²) in [6.45, 7) is 4.43. The maximum absolute atomic E-state index is 13.6. The van der Waals surface area contributed by atoms with Crippen LogP contribution in [0.1, 0.15) is 6.92 Å². The lowest BCUT2D eigenvalue weighted by molar-refractivity contribution is -0.116. The lowest BCUT2D eigenvalue weighted by Gasteiger charge is -2.29. The summed E-state index contributed by atoms with van der Waals surface area (Å²) in [5.74, 6) is -1.10. The van der Waals surface area contributed by atoms with E-state index in [0.29, 0.717) is 18.9 Å². The number of carbonyl (C=O) groups is 1. The zero-order valence-corrected chi connectivity index (χ0v) is 17.2. The number of hydrogen-bond acceptors (Lipinski definition) is 5. The number of ether oxygens (including phenoxy) is 1. The fourth-order valence-corrected chi connectivity index (χ4v) is 4.41. The van der Waals surface area contributed by atoms with Gasteiger partial charge in [-0.2, -0.15) is 0 Å². The van der Waals surface area contributed by atoms with Crippen molar-refractivity contribution in [3.05, 3.63) is 54.3 Å². The number of sulfonamides is 1. The van der Waals surface area contributed by atoms with Gasteiger partial charge in [-0.3, -0.25) is 9.10 Å². The van der Waals surface area contributed by atoms with Crippen LogP contribution in [0.2, 0.25) is 0 Å². The molecule has 7 nitrogen and oxygen atoms in total. The van der Waals surface area contributed by atoms with E-state index in [4.69, 9.17) is 4.74 Å². The quantitative estimate of drug-likeness (QED) is 0.775. The van der Waals surface area contributed by atoms with Crippen LogP contribution in [0.3, 0.4) is 0 Å². The molecule has 0 aliphatic carbocycles. The van der Waals surface area contributed by atoms with Crippen molar-refractivity contribution in [2.75, 3.05) is 47.1 Å². The van der Waals surface area contributed by atoms with Gasteiger partial charge >= 0.3 is 0 Å². The Balaban J connectivity index is 1.74. The number of nitrogens with zero attached hydrogens (tertiary/aromatic N) is 2. The zero-order valence-electron chi connectivity index (χ0n) is 16.3. The molecule has 1 amide bonds. The minimum atomic E-state index is -3.81. The van der Waals surface area contributed by atoms with Crippen LogP contribution >= 0.6 is 0 Å². The second-order valence-corrected chi connectivity index (χ2v) is 8.71. The number of rotatable bonds is 6. The van der Waals surface area contributed by atoms with Crippen molar-refractivity contribution in [2.45, 2.75) is 13.0 Å². The van der Waals surface area contributed by atoms with Crippen LogP contribution in [-0.4, -0.2) is 52.9 Å². The van der Waals surface area contributed by atoms with Gasteiger partial charge in [0.1, 0.15) is 11.9 Å².